The summed E-state index contributed by atoms with van der Waals surface area (Å²) in [6.07, 6.45) is 1.67. The topological polar surface area (TPSA) is 42.0 Å². The minimum Gasteiger partial charge on any atom is -0.298 e. The molecule has 94 valence electrons. The Morgan fingerprint density at radius 3 is 2.72 bits per heavy atom. The lowest BCUT2D eigenvalue weighted by Crippen LogP contribution is -2.15. The average molecular weight is 260 g/mol. The molecule has 18 heavy (non-hydrogen) atoms. The summed E-state index contributed by atoms with van der Waals surface area (Å²) in [4.78, 5) is 16.1. The molecule has 0 atom stereocenters. The van der Waals surface area contributed by atoms with Crippen LogP contribution in [0.4, 0.5) is 5.13 Å². The lowest BCUT2D eigenvalue weighted by Gasteiger charge is -2.19. The number of amides is 1. The molecule has 2 rings (SSSR count). The van der Waals surface area contributed by atoms with E-state index in [0.717, 1.165) is 5.56 Å². The molecule has 1 heterocycles. The molecule has 0 bridgehead atoms. The number of carbonyl (C=O) groups is 1. The summed E-state index contributed by atoms with van der Waals surface area (Å²) in [7, 11) is 0. The van der Waals surface area contributed by atoms with Gasteiger partial charge in [-0.15, -0.1) is 11.3 Å². The number of rotatable bonds is 2. The van der Waals surface area contributed by atoms with Crippen molar-refractivity contribution >= 4 is 22.4 Å². The maximum Gasteiger partial charge on any atom is 0.257 e. The highest BCUT2D eigenvalue weighted by molar-refractivity contribution is 7.13. The van der Waals surface area contributed by atoms with Crippen LogP contribution in [0.5, 0.6) is 0 Å². The Bertz CT molecular complexity index is 541. The number of carbonyl (C=O) groups excluding carboxylic acids is 1. The molecule has 1 amide bonds. The van der Waals surface area contributed by atoms with Crippen LogP contribution >= 0.6 is 11.3 Å². The van der Waals surface area contributed by atoms with Crippen molar-refractivity contribution in [3.63, 3.8) is 0 Å². The van der Waals surface area contributed by atoms with Crippen LogP contribution in [0.1, 0.15) is 36.7 Å². The number of benzene rings is 1. The molecule has 0 aliphatic rings. The van der Waals surface area contributed by atoms with Gasteiger partial charge in [0.15, 0.2) is 5.13 Å². The number of thiazole rings is 1. The van der Waals surface area contributed by atoms with Gasteiger partial charge in [0, 0.05) is 17.1 Å². The molecule has 2 aromatic rings. The first kappa shape index (κ1) is 12.8. The summed E-state index contributed by atoms with van der Waals surface area (Å²) in [5, 5.41) is 5.25. The number of nitrogens with one attached hydrogen (secondary N) is 1. The average Bonchev–Trinajstić information content (AvgIpc) is 2.81. The number of nitrogens with zero attached hydrogens (tertiary/aromatic N) is 1. The Morgan fingerprint density at radius 1 is 1.33 bits per heavy atom. The Hall–Kier alpha value is -1.68. The zero-order valence-corrected chi connectivity index (χ0v) is 11.5. The van der Waals surface area contributed by atoms with E-state index in [1.165, 1.54) is 11.3 Å². The Labute approximate surface area is 111 Å². The van der Waals surface area contributed by atoms with Crippen LogP contribution in [0.2, 0.25) is 0 Å². The van der Waals surface area contributed by atoms with Gasteiger partial charge in [-0.25, -0.2) is 4.98 Å². The van der Waals surface area contributed by atoms with E-state index in [4.69, 9.17) is 0 Å². The van der Waals surface area contributed by atoms with Crippen molar-refractivity contribution < 1.29 is 4.79 Å². The molecule has 1 N–H and O–H groups in total. The van der Waals surface area contributed by atoms with E-state index >= 15 is 0 Å². The van der Waals surface area contributed by atoms with Gasteiger partial charge in [-0.3, -0.25) is 10.1 Å². The quantitative estimate of drug-likeness (QED) is 0.894. The van der Waals surface area contributed by atoms with E-state index in [0.29, 0.717) is 10.7 Å². The maximum absolute atomic E-state index is 12.0. The van der Waals surface area contributed by atoms with Gasteiger partial charge >= 0.3 is 0 Å². The summed E-state index contributed by atoms with van der Waals surface area (Å²) in [5.74, 6) is -0.115. The monoisotopic (exact) mass is 260 g/mol. The van der Waals surface area contributed by atoms with Crippen molar-refractivity contribution in [1.82, 2.24) is 4.98 Å². The lowest BCUT2D eigenvalue weighted by atomic mass is 9.86. The fourth-order valence-corrected chi connectivity index (χ4v) is 2.11. The van der Waals surface area contributed by atoms with Crippen molar-refractivity contribution in [2.75, 3.05) is 5.32 Å². The zero-order chi connectivity index (χ0) is 13.2. The first-order valence-electron chi connectivity index (χ1n) is 5.78. The molecule has 3 nitrogen and oxygen atoms in total. The summed E-state index contributed by atoms with van der Waals surface area (Å²) >= 11 is 1.41. The number of anilines is 1. The molecule has 0 fully saturated rings. The van der Waals surface area contributed by atoms with Crippen LogP contribution in [-0.2, 0) is 5.41 Å². The number of hydrogen-bond acceptors (Lipinski definition) is 3. The van der Waals surface area contributed by atoms with Crippen LogP contribution in [0, 0.1) is 0 Å². The van der Waals surface area contributed by atoms with Gasteiger partial charge in [0.25, 0.3) is 5.91 Å². The predicted octanol–water partition coefficient (Wildman–Crippen LogP) is 3.69. The highest BCUT2D eigenvalue weighted by Gasteiger charge is 2.15. The van der Waals surface area contributed by atoms with Crippen LogP contribution in [0.3, 0.4) is 0 Å². The zero-order valence-electron chi connectivity index (χ0n) is 10.7. The molecule has 0 spiro atoms. The molecule has 0 aliphatic carbocycles. The summed E-state index contributed by atoms with van der Waals surface area (Å²) in [6.45, 7) is 6.39. The fourth-order valence-electron chi connectivity index (χ4n) is 1.58. The molecule has 0 saturated heterocycles. The highest BCUT2D eigenvalue weighted by Crippen LogP contribution is 2.23. The Balaban J connectivity index is 2.21. The third kappa shape index (κ3) is 2.96. The van der Waals surface area contributed by atoms with Crippen molar-refractivity contribution in [2.45, 2.75) is 26.2 Å². The lowest BCUT2D eigenvalue weighted by molar-refractivity contribution is 0.102. The largest absolute Gasteiger partial charge is 0.298 e. The molecular formula is C14H16N2OS. The van der Waals surface area contributed by atoms with Gasteiger partial charge < -0.3 is 0 Å². The van der Waals surface area contributed by atoms with E-state index in [-0.39, 0.29) is 11.3 Å². The molecule has 0 unspecified atom stereocenters. The van der Waals surface area contributed by atoms with E-state index < -0.39 is 0 Å². The van der Waals surface area contributed by atoms with Crippen molar-refractivity contribution in [2.24, 2.45) is 0 Å². The molecular weight excluding hydrogens is 244 g/mol. The summed E-state index contributed by atoms with van der Waals surface area (Å²) in [6, 6.07) is 7.71. The Kier molecular flexibility index (Phi) is 3.48. The van der Waals surface area contributed by atoms with Gasteiger partial charge in [0.05, 0.1) is 0 Å². The standard InChI is InChI=1S/C14H16N2OS/c1-14(2,3)11-6-4-5-10(9-11)12(17)16-13-15-7-8-18-13/h4-9H,1-3H3,(H,15,16,17). The second-order valence-corrected chi connectivity index (χ2v) is 6.02. The fraction of sp³-hybridized carbons (Fsp3) is 0.286. The maximum atomic E-state index is 12.0. The molecule has 1 aromatic carbocycles. The predicted molar refractivity (Wildman–Crippen MR) is 75.2 cm³/mol. The molecule has 0 aliphatic heterocycles. The third-order valence-corrected chi connectivity index (χ3v) is 3.33. The van der Waals surface area contributed by atoms with Crippen molar-refractivity contribution in [1.29, 1.82) is 0 Å². The summed E-state index contributed by atoms with van der Waals surface area (Å²) < 4.78 is 0. The van der Waals surface area contributed by atoms with E-state index in [9.17, 15) is 4.79 Å². The normalized spacial score (nSPS) is 11.3. The molecule has 0 radical (unpaired) electrons. The van der Waals surface area contributed by atoms with Crippen LogP contribution in [0.15, 0.2) is 35.8 Å². The smallest absolute Gasteiger partial charge is 0.257 e. The minimum absolute atomic E-state index is 0.0392. The SMILES string of the molecule is CC(C)(C)c1cccc(C(=O)Nc2nccs2)c1. The first-order chi connectivity index (χ1) is 8.47. The molecule has 4 heteroatoms. The van der Waals surface area contributed by atoms with Gasteiger partial charge in [-0.2, -0.15) is 0 Å². The van der Waals surface area contributed by atoms with Gasteiger partial charge in [0.1, 0.15) is 0 Å². The van der Waals surface area contributed by atoms with Crippen molar-refractivity contribution in [3.05, 3.63) is 47.0 Å². The van der Waals surface area contributed by atoms with Crippen LogP contribution in [0.25, 0.3) is 0 Å². The Morgan fingerprint density at radius 2 is 2.11 bits per heavy atom. The highest BCUT2D eigenvalue weighted by atomic mass is 32.1. The second kappa shape index (κ2) is 4.90. The minimum atomic E-state index is -0.115. The number of hydrogen-bond donors (Lipinski definition) is 1. The van der Waals surface area contributed by atoms with Crippen LogP contribution in [-0.4, -0.2) is 10.9 Å². The first-order valence-corrected chi connectivity index (χ1v) is 6.66. The van der Waals surface area contributed by atoms with Crippen LogP contribution < -0.4 is 5.32 Å². The molecule has 0 saturated carbocycles. The van der Waals surface area contributed by atoms with Crippen molar-refractivity contribution in [3.8, 4) is 0 Å². The number of aromatic nitrogens is 1. The molecule has 1 aromatic heterocycles. The van der Waals surface area contributed by atoms with E-state index in [1.807, 2.05) is 29.6 Å². The third-order valence-electron chi connectivity index (χ3n) is 2.64. The van der Waals surface area contributed by atoms with Gasteiger partial charge in [-0.1, -0.05) is 32.9 Å². The van der Waals surface area contributed by atoms with E-state index in [2.05, 4.69) is 31.1 Å². The van der Waals surface area contributed by atoms with E-state index in [1.54, 1.807) is 6.20 Å². The summed E-state index contributed by atoms with van der Waals surface area (Å²) in [5.41, 5.74) is 1.85. The second-order valence-electron chi connectivity index (χ2n) is 5.12. The van der Waals surface area contributed by atoms with Gasteiger partial charge in [0.2, 0.25) is 0 Å². The van der Waals surface area contributed by atoms with Gasteiger partial charge in [-0.05, 0) is 23.1 Å².